The third kappa shape index (κ3) is 8.03. The average molecular weight is 492 g/mol. The fourth-order valence-corrected chi connectivity index (χ4v) is 3.46. The molecule has 2 aromatic carbocycles. The van der Waals surface area contributed by atoms with Gasteiger partial charge in [0.1, 0.15) is 0 Å². The van der Waals surface area contributed by atoms with Gasteiger partial charge in [-0.15, -0.1) is 0 Å². The second kappa shape index (κ2) is 11.3. The average Bonchev–Trinajstić information content (AvgIpc) is 2.75. The number of hydrogen-bond acceptors (Lipinski definition) is 4. The molecule has 0 bridgehead atoms. The zero-order valence-corrected chi connectivity index (χ0v) is 17.7. The number of benzene rings is 2. The molecule has 1 heterocycles. The summed E-state index contributed by atoms with van der Waals surface area (Å²) in [5.41, 5.74) is -0.857. The number of alkyl halides is 6. The molecule has 186 valence electrons. The zero-order chi connectivity index (χ0) is 25.5. The molecule has 0 radical (unpaired) electrons. The molecule has 1 aliphatic heterocycles. The molecule has 0 amide bonds. The fourth-order valence-electron chi connectivity index (χ4n) is 3.46. The van der Waals surface area contributed by atoms with E-state index in [-0.39, 0.29) is 24.2 Å². The summed E-state index contributed by atoms with van der Waals surface area (Å²) in [7, 11) is 0. The Kier molecular flexibility index (Phi) is 9.05. The Morgan fingerprint density at radius 1 is 0.647 bits per heavy atom. The first-order valence-electron chi connectivity index (χ1n) is 10.00. The van der Waals surface area contributed by atoms with E-state index in [1.54, 1.807) is 12.1 Å². The predicted octanol–water partition coefficient (Wildman–Crippen LogP) is 4.20. The van der Waals surface area contributed by atoms with E-state index in [0.717, 1.165) is 12.1 Å². The van der Waals surface area contributed by atoms with Gasteiger partial charge in [-0.25, -0.2) is 9.59 Å². The van der Waals surface area contributed by atoms with Gasteiger partial charge in [0.2, 0.25) is 0 Å². The lowest BCUT2D eigenvalue weighted by atomic mass is 10.1. The number of hydrogen-bond donors (Lipinski definition) is 2. The van der Waals surface area contributed by atoms with E-state index < -0.39 is 35.4 Å². The highest BCUT2D eigenvalue weighted by molar-refractivity contribution is 6.27. The van der Waals surface area contributed by atoms with Gasteiger partial charge in [-0.1, -0.05) is 36.4 Å². The zero-order valence-electron chi connectivity index (χ0n) is 17.7. The number of rotatable bonds is 4. The summed E-state index contributed by atoms with van der Waals surface area (Å²) in [4.78, 5) is 22.0. The molecule has 0 aromatic heterocycles. The topological polar surface area (TPSA) is 81.1 Å². The molecule has 0 aliphatic carbocycles. The summed E-state index contributed by atoms with van der Waals surface area (Å²) < 4.78 is 78.7. The SMILES string of the molecule is FC(F)(F)c1ccccc1CN1CCN(Cc2ccccc2C(F)(F)F)CC1.O=C(O)C(=O)O. The summed E-state index contributed by atoms with van der Waals surface area (Å²) in [6.07, 6.45) is -8.81. The van der Waals surface area contributed by atoms with Crippen LogP contribution in [0.1, 0.15) is 22.3 Å². The maximum absolute atomic E-state index is 13.1. The highest BCUT2D eigenvalue weighted by atomic mass is 19.4. The van der Waals surface area contributed by atoms with Crippen LogP contribution in [0.15, 0.2) is 48.5 Å². The molecule has 0 atom stereocenters. The molecule has 1 fully saturated rings. The van der Waals surface area contributed by atoms with Crippen molar-refractivity contribution in [2.24, 2.45) is 0 Å². The first-order chi connectivity index (χ1) is 15.8. The molecule has 6 nitrogen and oxygen atoms in total. The summed E-state index contributed by atoms with van der Waals surface area (Å²) in [5.74, 6) is -3.65. The second-order valence-corrected chi connectivity index (χ2v) is 7.47. The van der Waals surface area contributed by atoms with E-state index in [1.807, 2.05) is 9.80 Å². The number of piperazine rings is 1. The molecule has 34 heavy (non-hydrogen) atoms. The second-order valence-electron chi connectivity index (χ2n) is 7.47. The van der Waals surface area contributed by atoms with Gasteiger partial charge in [-0.2, -0.15) is 26.3 Å². The van der Waals surface area contributed by atoms with E-state index in [4.69, 9.17) is 19.8 Å². The molecule has 2 N–H and O–H groups in total. The fraction of sp³-hybridized carbons (Fsp3) is 0.364. The van der Waals surface area contributed by atoms with Crippen LogP contribution in [0.5, 0.6) is 0 Å². The number of halogens is 6. The first-order valence-corrected chi connectivity index (χ1v) is 10.00. The number of nitrogens with zero attached hydrogens (tertiary/aromatic N) is 2. The van der Waals surface area contributed by atoms with Crippen molar-refractivity contribution in [2.75, 3.05) is 26.2 Å². The van der Waals surface area contributed by atoms with Crippen molar-refractivity contribution in [1.82, 2.24) is 9.80 Å². The Balaban J connectivity index is 0.000000604. The third-order valence-electron chi connectivity index (χ3n) is 5.08. The standard InChI is InChI=1S/C20H20F6N2.C2H2O4/c21-19(22,23)17-7-3-1-5-15(17)13-27-9-11-28(12-10-27)14-16-6-2-4-8-18(16)20(24,25)26;3-1(4)2(5)6/h1-8H,9-14H2;(H,3,4)(H,5,6). The minimum Gasteiger partial charge on any atom is -0.473 e. The first kappa shape index (κ1) is 27.1. The van der Waals surface area contributed by atoms with Gasteiger partial charge in [0, 0.05) is 39.3 Å². The van der Waals surface area contributed by atoms with Crippen molar-refractivity contribution in [1.29, 1.82) is 0 Å². The normalized spacial score (nSPS) is 15.4. The molecule has 2 aromatic rings. The minimum atomic E-state index is -4.40. The van der Waals surface area contributed by atoms with E-state index in [1.165, 1.54) is 24.3 Å². The van der Waals surface area contributed by atoms with Crippen molar-refractivity contribution in [3.05, 3.63) is 70.8 Å². The Morgan fingerprint density at radius 2 is 0.941 bits per heavy atom. The number of carboxylic acids is 2. The monoisotopic (exact) mass is 492 g/mol. The molecule has 0 unspecified atom stereocenters. The van der Waals surface area contributed by atoms with Crippen molar-refractivity contribution < 1.29 is 46.1 Å². The van der Waals surface area contributed by atoms with E-state index in [0.29, 0.717) is 26.2 Å². The molecule has 1 saturated heterocycles. The Labute approximate surface area is 191 Å². The van der Waals surface area contributed by atoms with Crippen LogP contribution >= 0.6 is 0 Å². The van der Waals surface area contributed by atoms with E-state index >= 15 is 0 Å². The van der Waals surface area contributed by atoms with Gasteiger partial charge in [0.05, 0.1) is 11.1 Å². The number of aliphatic carboxylic acids is 2. The maximum atomic E-state index is 13.1. The quantitative estimate of drug-likeness (QED) is 0.492. The van der Waals surface area contributed by atoms with Gasteiger partial charge in [-0.3, -0.25) is 9.80 Å². The number of carboxylic acid groups (broad SMARTS) is 2. The molecule has 12 heteroatoms. The third-order valence-corrected chi connectivity index (χ3v) is 5.08. The van der Waals surface area contributed by atoms with Crippen LogP contribution in [0.4, 0.5) is 26.3 Å². The molecule has 0 saturated carbocycles. The highest BCUT2D eigenvalue weighted by Gasteiger charge is 2.34. The largest absolute Gasteiger partial charge is 0.473 e. The van der Waals surface area contributed by atoms with E-state index in [2.05, 4.69) is 0 Å². The lowest BCUT2D eigenvalue weighted by Crippen LogP contribution is -2.45. The van der Waals surface area contributed by atoms with Gasteiger partial charge < -0.3 is 10.2 Å². The van der Waals surface area contributed by atoms with Crippen LogP contribution in [0.2, 0.25) is 0 Å². The summed E-state index contributed by atoms with van der Waals surface area (Å²) in [5, 5.41) is 14.8. The van der Waals surface area contributed by atoms with Crippen LogP contribution in [-0.2, 0) is 35.0 Å². The Hall–Kier alpha value is -3.12. The van der Waals surface area contributed by atoms with Gasteiger partial charge in [0.15, 0.2) is 0 Å². The summed E-state index contributed by atoms with van der Waals surface area (Å²) >= 11 is 0. The summed E-state index contributed by atoms with van der Waals surface area (Å²) in [6, 6.07) is 11.0. The van der Waals surface area contributed by atoms with Gasteiger partial charge in [-0.05, 0) is 23.3 Å². The van der Waals surface area contributed by atoms with Gasteiger partial charge >= 0.3 is 24.3 Å². The molecular formula is C22H22F6N2O4. The molecule has 1 aliphatic rings. The van der Waals surface area contributed by atoms with Crippen LogP contribution < -0.4 is 0 Å². The van der Waals surface area contributed by atoms with Crippen molar-refractivity contribution in [2.45, 2.75) is 25.4 Å². The van der Waals surface area contributed by atoms with Crippen LogP contribution in [0, 0.1) is 0 Å². The molecular weight excluding hydrogens is 470 g/mol. The Morgan fingerprint density at radius 3 is 1.21 bits per heavy atom. The lowest BCUT2D eigenvalue weighted by Gasteiger charge is -2.35. The highest BCUT2D eigenvalue weighted by Crippen LogP contribution is 2.33. The van der Waals surface area contributed by atoms with Crippen molar-refractivity contribution in [3.63, 3.8) is 0 Å². The summed E-state index contributed by atoms with van der Waals surface area (Å²) in [6.45, 7) is 2.34. The minimum absolute atomic E-state index is 0.169. The number of carbonyl (C=O) groups is 2. The Bertz CT molecular complexity index is 906. The molecule has 0 spiro atoms. The maximum Gasteiger partial charge on any atom is 0.416 e. The predicted molar refractivity (Wildman–Crippen MR) is 109 cm³/mol. The van der Waals surface area contributed by atoms with Crippen LogP contribution in [-0.4, -0.2) is 58.1 Å². The van der Waals surface area contributed by atoms with Crippen LogP contribution in [0.25, 0.3) is 0 Å². The smallest absolute Gasteiger partial charge is 0.416 e. The van der Waals surface area contributed by atoms with E-state index in [9.17, 15) is 26.3 Å². The van der Waals surface area contributed by atoms with Crippen molar-refractivity contribution >= 4 is 11.9 Å². The molecule has 3 rings (SSSR count). The lowest BCUT2D eigenvalue weighted by molar-refractivity contribution is -0.159. The van der Waals surface area contributed by atoms with Crippen LogP contribution in [0.3, 0.4) is 0 Å². The van der Waals surface area contributed by atoms with Crippen molar-refractivity contribution in [3.8, 4) is 0 Å². The van der Waals surface area contributed by atoms with Gasteiger partial charge in [0.25, 0.3) is 0 Å².